The predicted molar refractivity (Wildman–Crippen MR) is 130 cm³/mol. The number of benzene rings is 2. The Kier molecular flexibility index (Phi) is 6.47. The fourth-order valence-corrected chi connectivity index (χ4v) is 3.90. The number of nitrogens with one attached hydrogen (secondary N) is 1. The molecule has 0 saturated heterocycles. The van der Waals surface area contributed by atoms with Gasteiger partial charge in [0.2, 0.25) is 11.6 Å². The molecule has 0 atom stereocenters. The third-order valence-electron chi connectivity index (χ3n) is 5.76. The van der Waals surface area contributed by atoms with Crippen molar-refractivity contribution < 1.29 is 4.79 Å². The Labute approximate surface area is 202 Å². The molecule has 35 heavy (non-hydrogen) atoms. The highest BCUT2D eigenvalue weighted by atomic mass is 16.1. The minimum Gasteiger partial charge on any atom is -0.285 e. The van der Waals surface area contributed by atoms with Gasteiger partial charge in [-0.1, -0.05) is 67.9 Å². The summed E-state index contributed by atoms with van der Waals surface area (Å²) in [5, 5.41) is 18.7. The maximum atomic E-state index is 12.9. The van der Waals surface area contributed by atoms with Crippen LogP contribution in [0.1, 0.15) is 47.3 Å². The first-order valence-corrected chi connectivity index (χ1v) is 11.5. The SMILES string of the molecule is CCCCn1nc(C(=O)c2ccccc2)nc1Cc1ccc(-c2cnccc2-c2nnn[nH]2)cc1. The van der Waals surface area contributed by atoms with Gasteiger partial charge in [0.25, 0.3) is 0 Å². The number of ketones is 1. The lowest BCUT2D eigenvalue weighted by molar-refractivity contribution is 0.102. The van der Waals surface area contributed by atoms with E-state index in [9.17, 15) is 4.79 Å². The zero-order valence-corrected chi connectivity index (χ0v) is 19.3. The van der Waals surface area contributed by atoms with Crippen LogP contribution in [0.15, 0.2) is 73.1 Å². The molecule has 174 valence electrons. The van der Waals surface area contributed by atoms with Crippen molar-refractivity contribution in [1.29, 1.82) is 0 Å². The van der Waals surface area contributed by atoms with E-state index >= 15 is 0 Å². The monoisotopic (exact) mass is 464 g/mol. The number of unbranched alkanes of at least 4 members (excludes halogenated alkanes) is 1. The molecule has 9 nitrogen and oxygen atoms in total. The van der Waals surface area contributed by atoms with Crippen molar-refractivity contribution in [1.82, 2.24) is 40.4 Å². The highest BCUT2D eigenvalue weighted by molar-refractivity contribution is 6.06. The van der Waals surface area contributed by atoms with Crippen molar-refractivity contribution in [3.05, 3.63) is 95.8 Å². The molecular weight excluding hydrogens is 440 g/mol. The van der Waals surface area contributed by atoms with Crippen LogP contribution < -0.4 is 0 Å². The number of hydrogen-bond acceptors (Lipinski definition) is 7. The van der Waals surface area contributed by atoms with Crippen LogP contribution in [0, 0.1) is 0 Å². The van der Waals surface area contributed by atoms with Crippen LogP contribution in [0.2, 0.25) is 0 Å². The van der Waals surface area contributed by atoms with Crippen LogP contribution in [-0.4, -0.2) is 46.2 Å². The first-order chi connectivity index (χ1) is 17.2. The van der Waals surface area contributed by atoms with Crippen LogP contribution in [0.25, 0.3) is 22.5 Å². The van der Waals surface area contributed by atoms with Gasteiger partial charge in [0.15, 0.2) is 5.82 Å². The van der Waals surface area contributed by atoms with Gasteiger partial charge in [0.1, 0.15) is 5.82 Å². The second kappa shape index (κ2) is 10.2. The van der Waals surface area contributed by atoms with Crippen LogP contribution in [0.4, 0.5) is 0 Å². The van der Waals surface area contributed by atoms with E-state index in [1.807, 2.05) is 41.1 Å². The first kappa shape index (κ1) is 22.3. The Hall–Kier alpha value is -4.53. The summed E-state index contributed by atoms with van der Waals surface area (Å²) in [5.74, 6) is 1.44. The summed E-state index contributed by atoms with van der Waals surface area (Å²) in [7, 11) is 0. The van der Waals surface area contributed by atoms with Crippen molar-refractivity contribution in [3.63, 3.8) is 0 Å². The Bertz CT molecular complexity index is 1410. The number of carbonyl (C=O) groups is 1. The Morgan fingerprint density at radius 2 is 1.83 bits per heavy atom. The molecule has 5 rings (SSSR count). The van der Waals surface area contributed by atoms with E-state index in [1.165, 1.54) is 0 Å². The van der Waals surface area contributed by atoms with Gasteiger partial charge >= 0.3 is 0 Å². The lowest BCUT2D eigenvalue weighted by atomic mass is 9.99. The van der Waals surface area contributed by atoms with Gasteiger partial charge in [0, 0.05) is 42.0 Å². The van der Waals surface area contributed by atoms with Gasteiger partial charge < -0.3 is 0 Å². The fourth-order valence-electron chi connectivity index (χ4n) is 3.90. The summed E-state index contributed by atoms with van der Waals surface area (Å²) >= 11 is 0. The molecule has 0 radical (unpaired) electrons. The third-order valence-corrected chi connectivity index (χ3v) is 5.76. The third kappa shape index (κ3) is 4.89. The van der Waals surface area contributed by atoms with Crippen molar-refractivity contribution in [2.45, 2.75) is 32.7 Å². The highest BCUT2D eigenvalue weighted by Gasteiger charge is 2.18. The van der Waals surface area contributed by atoms with Crippen LogP contribution in [0.5, 0.6) is 0 Å². The summed E-state index contributed by atoms with van der Waals surface area (Å²) in [4.78, 5) is 21.8. The second-order valence-corrected chi connectivity index (χ2v) is 8.17. The molecule has 0 bridgehead atoms. The van der Waals surface area contributed by atoms with Crippen molar-refractivity contribution >= 4 is 5.78 Å². The van der Waals surface area contributed by atoms with E-state index in [4.69, 9.17) is 0 Å². The molecule has 2 aromatic carbocycles. The average Bonchev–Trinajstić information content (AvgIpc) is 3.59. The number of rotatable bonds is 9. The van der Waals surface area contributed by atoms with Gasteiger partial charge in [-0.25, -0.2) is 14.8 Å². The summed E-state index contributed by atoms with van der Waals surface area (Å²) in [6.07, 6.45) is 6.09. The zero-order valence-electron chi connectivity index (χ0n) is 19.3. The Balaban J connectivity index is 1.41. The number of carbonyl (C=O) groups excluding carboxylic acids is 1. The molecule has 5 aromatic rings. The Morgan fingerprint density at radius 3 is 2.57 bits per heavy atom. The van der Waals surface area contributed by atoms with Gasteiger partial charge in [-0.05, 0) is 34.0 Å². The zero-order chi connectivity index (χ0) is 24.0. The maximum absolute atomic E-state index is 12.9. The fraction of sp³-hybridized carbons (Fsp3) is 0.192. The van der Waals surface area contributed by atoms with E-state index in [0.29, 0.717) is 17.8 Å². The number of aryl methyl sites for hydroxylation is 1. The van der Waals surface area contributed by atoms with E-state index in [2.05, 4.69) is 54.7 Å². The number of hydrogen-bond donors (Lipinski definition) is 1. The largest absolute Gasteiger partial charge is 0.285 e. The summed E-state index contributed by atoms with van der Waals surface area (Å²) in [6.45, 7) is 2.86. The molecule has 0 aliphatic carbocycles. The number of aromatic nitrogens is 8. The molecule has 1 N–H and O–H groups in total. The smallest absolute Gasteiger partial charge is 0.232 e. The topological polar surface area (TPSA) is 115 Å². The number of tetrazole rings is 1. The molecule has 3 aromatic heterocycles. The molecular formula is C26H24N8O. The summed E-state index contributed by atoms with van der Waals surface area (Å²) < 4.78 is 1.86. The van der Waals surface area contributed by atoms with Gasteiger partial charge in [-0.2, -0.15) is 0 Å². The second-order valence-electron chi connectivity index (χ2n) is 8.17. The number of pyridine rings is 1. The number of H-pyrrole nitrogens is 1. The normalized spacial score (nSPS) is 11.0. The number of aromatic amines is 1. The molecule has 0 unspecified atom stereocenters. The minimum atomic E-state index is -0.163. The van der Waals surface area contributed by atoms with Crippen molar-refractivity contribution in [2.75, 3.05) is 0 Å². The highest BCUT2D eigenvalue weighted by Crippen LogP contribution is 2.29. The van der Waals surface area contributed by atoms with Crippen LogP contribution in [-0.2, 0) is 13.0 Å². The average molecular weight is 465 g/mol. The van der Waals surface area contributed by atoms with Gasteiger partial charge in [0.05, 0.1) is 0 Å². The first-order valence-electron chi connectivity index (χ1n) is 11.5. The van der Waals surface area contributed by atoms with Gasteiger partial charge in [-0.15, -0.1) is 10.2 Å². The summed E-state index contributed by atoms with van der Waals surface area (Å²) in [6, 6.07) is 19.2. The molecule has 0 saturated carbocycles. The standard InChI is InChI=1S/C26H24N8O/c1-2-3-15-34-23(28-26(31-34)24(35)20-7-5-4-6-8-20)16-18-9-11-19(12-10-18)22-17-27-14-13-21(22)25-29-32-33-30-25/h4-14,17H,2-3,15-16H2,1H3,(H,29,30,32,33). The van der Waals surface area contributed by atoms with E-state index < -0.39 is 0 Å². The van der Waals surface area contributed by atoms with E-state index in [0.717, 1.165) is 47.5 Å². The molecule has 0 spiro atoms. The molecule has 0 aliphatic heterocycles. The van der Waals surface area contributed by atoms with E-state index in [1.54, 1.807) is 24.5 Å². The predicted octanol–water partition coefficient (Wildman–Crippen LogP) is 4.14. The lowest BCUT2D eigenvalue weighted by Gasteiger charge is -2.08. The number of nitrogens with zero attached hydrogens (tertiary/aromatic N) is 7. The van der Waals surface area contributed by atoms with Crippen molar-refractivity contribution in [3.8, 4) is 22.5 Å². The van der Waals surface area contributed by atoms with E-state index in [-0.39, 0.29) is 11.6 Å². The molecule has 0 fully saturated rings. The quantitative estimate of drug-likeness (QED) is 0.326. The molecule has 0 aliphatic rings. The molecule has 9 heteroatoms. The van der Waals surface area contributed by atoms with Crippen LogP contribution >= 0.6 is 0 Å². The molecule has 3 heterocycles. The Morgan fingerprint density at radius 1 is 1.00 bits per heavy atom. The summed E-state index contributed by atoms with van der Waals surface area (Å²) in [5.41, 5.74) is 4.47. The van der Waals surface area contributed by atoms with Crippen LogP contribution in [0.3, 0.4) is 0 Å². The molecule has 0 amide bonds. The lowest BCUT2D eigenvalue weighted by Crippen LogP contribution is -2.07. The minimum absolute atomic E-state index is 0.163. The maximum Gasteiger partial charge on any atom is 0.232 e. The van der Waals surface area contributed by atoms with Crippen molar-refractivity contribution in [2.24, 2.45) is 0 Å². The van der Waals surface area contributed by atoms with Gasteiger partial charge in [-0.3, -0.25) is 9.78 Å².